The van der Waals surface area contributed by atoms with Crippen LogP contribution in [0.25, 0.3) is 22.2 Å². The summed E-state index contributed by atoms with van der Waals surface area (Å²) < 4.78 is 64.1. The molecule has 0 aliphatic carbocycles. The van der Waals surface area contributed by atoms with Gasteiger partial charge in [-0.15, -0.1) is 6.42 Å². The molecule has 320 valence electrons. The Hall–Kier alpha value is -5.59. The van der Waals surface area contributed by atoms with Gasteiger partial charge in [-0.2, -0.15) is 10.2 Å². The van der Waals surface area contributed by atoms with Crippen LogP contribution in [0.15, 0.2) is 54.0 Å². The summed E-state index contributed by atoms with van der Waals surface area (Å²) in [6.07, 6.45) is -0.762. The SMILES string of the molecule is C#C[C@]1(COP(=S)(OCCC#N)O[C@@H]2[C@H](F)[C@@H](CO)O[C@H]2n2cnc3c(=O)[nH]c(NC(=O)C(C)C)nc32)O[C@@H](n2cc(F)c3c(NC(=O)c4ccccc4)ncnc32)C[C@@H]1O. The highest BCUT2D eigenvalue weighted by molar-refractivity contribution is 8.07. The van der Waals surface area contributed by atoms with Crippen molar-refractivity contribution < 1.29 is 51.6 Å². The smallest absolute Gasteiger partial charge is 0.327 e. The van der Waals surface area contributed by atoms with Crippen molar-refractivity contribution in [2.75, 3.05) is 30.5 Å². The first kappa shape index (κ1) is 43.5. The minimum absolute atomic E-state index is 0.00674. The molecule has 1 aromatic carbocycles. The lowest BCUT2D eigenvalue weighted by atomic mass is 9.99. The second kappa shape index (κ2) is 17.8. The summed E-state index contributed by atoms with van der Waals surface area (Å²) in [5.74, 6) is -0.283. The van der Waals surface area contributed by atoms with Crippen molar-refractivity contribution in [3.05, 3.63) is 70.9 Å². The van der Waals surface area contributed by atoms with E-state index in [0.29, 0.717) is 5.56 Å². The van der Waals surface area contributed by atoms with E-state index in [4.69, 9.17) is 41.3 Å². The second-order valence-electron chi connectivity index (χ2n) is 14.1. The first-order chi connectivity index (χ1) is 29.2. The van der Waals surface area contributed by atoms with Crippen LogP contribution in [-0.2, 0) is 39.6 Å². The van der Waals surface area contributed by atoms with E-state index in [2.05, 4.69) is 41.5 Å². The Morgan fingerprint density at radius 1 is 1.20 bits per heavy atom. The van der Waals surface area contributed by atoms with Gasteiger partial charge in [0.1, 0.15) is 36.7 Å². The molecule has 1 unspecified atom stereocenters. The molecule has 24 heteroatoms. The highest BCUT2D eigenvalue weighted by Crippen LogP contribution is 2.56. The summed E-state index contributed by atoms with van der Waals surface area (Å²) in [6.45, 7) is -2.90. The average Bonchev–Trinajstić information content (AvgIpc) is 4.00. The molecular formula is C37H37F2N10O10PS. The zero-order chi connectivity index (χ0) is 43.6. The van der Waals surface area contributed by atoms with Crippen LogP contribution in [0.2, 0.25) is 0 Å². The van der Waals surface area contributed by atoms with Crippen molar-refractivity contribution >= 4 is 64.3 Å². The Labute approximate surface area is 349 Å². The molecule has 0 bridgehead atoms. The molecule has 2 fully saturated rings. The Bertz CT molecular complexity index is 2650. The van der Waals surface area contributed by atoms with Gasteiger partial charge in [-0.3, -0.25) is 33.8 Å². The van der Waals surface area contributed by atoms with Crippen molar-refractivity contribution in [1.82, 2.24) is 34.1 Å². The molecule has 0 radical (unpaired) electrons. The lowest BCUT2D eigenvalue weighted by Crippen LogP contribution is -2.42. The van der Waals surface area contributed by atoms with Crippen LogP contribution in [0.4, 0.5) is 20.5 Å². The molecule has 2 saturated heterocycles. The van der Waals surface area contributed by atoms with Crippen molar-refractivity contribution in [2.24, 2.45) is 5.92 Å². The quantitative estimate of drug-likeness (QED) is 0.0575. The third kappa shape index (κ3) is 8.65. The van der Waals surface area contributed by atoms with Gasteiger partial charge >= 0.3 is 6.72 Å². The number of aromatic amines is 1. The number of rotatable bonds is 15. The molecule has 0 saturated carbocycles. The van der Waals surface area contributed by atoms with E-state index in [1.807, 2.05) is 6.07 Å². The fourth-order valence-corrected chi connectivity index (χ4v) is 8.64. The Balaban J connectivity index is 1.15. The molecule has 61 heavy (non-hydrogen) atoms. The van der Waals surface area contributed by atoms with Gasteiger partial charge in [0.25, 0.3) is 11.5 Å². The molecule has 6 heterocycles. The van der Waals surface area contributed by atoms with E-state index < -0.39 is 91.6 Å². The summed E-state index contributed by atoms with van der Waals surface area (Å²) in [5, 5.41) is 35.6. The summed E-state index contributed by atoms with van der Waals surface area (Å²) >= 11 is 5.71. The number of H-pyrrole nitrogens is 1. The predicted molar refractivity (Wildman–Crippen MR) is 213 cm³/mol. The van der Waals surface area contributed by atoms with E-state index in [0.717, 1.165) is 23.4 Å². The number of carbonyl (C=O) groups excluding carboxylic acids is 2. The van der Waals surface area contributed by atoms with E-state index in [-0.39, 0.29) is 53.4 Å². The van der Waals surface area contributed by atoms with Crippen molar-refractivity contribution in [3.63, 3.8) is 0 Å². The molecule has 5 aromatic rings. The number of nitriles is 1. The zero-order valence-corrected chi connectivity index (χ0v) is 33.9. The Morgan fingerprint density at radius 2 is 1.97 bits per heavy atom. The topological polar surface area (TPSA) is 263 Å². The van der Waals surface area contributed by atoms with Crippen LogP contribution in [0.5, 0.6) is 0 Å². The minimum atomic E-state index is -4.24. The number of amides is 2. The number of terminal acetylenes is 1. The first-order valence-corrected chi connectivity index (χ1v) is 21.1. The molecule has 4 aromatic heterocycles. The maximum Gasteiger partial charge on any atom is 0.327 e. The number of nitrogens with zero attached hydrogens (tertiary/aromatic N) is 7. The van der Waals surface area contributed by atoms with E-state index in [1.165, 1.54) is 4.57 Å². The van der Waals surface area contributed by atoms with Crippen LogP contribution < -0.4 is 16.2 Å². The summed E-state index contributed by atoms with van der Waals surface area (Å²) in [6, 6.07) is 10.1. The molecule has 8 atom stereocenters. The number of benzene rings is 1. The largest absolute Gasteiger partial charge is 0.394 e. The van der Waals surface area contributed by atoms with Gasteiger partial charge < -0.3 is 38.6 Å². The van der Waals surface area contributed by atoms with E-state index in [1.54, 1.807) is 44.2 Å². The summed E-state index contributed by atoms with van der Waals surface area (Å²) in [5.41, 5.74) is -2.81. The van der Waals surface area contributed by atoms with Gasteiger partial charge in [0.2, 0.25) is 11.9 Å². The molecule has 2 amide bonds. The standard InChI is InChI=1S/C37H37F2N10O10PS/c1-4-37(23(51)13-24(58-37)48-14-21(38)25-29(41-17-42-30(25)48)44-33(53)20-9-6-5-7-10-20)16-56-60(61,55-12-8-11-40)59-28-26(39)22(15-50)57-35(28)49-18-43-27-31(49)45-36(47-34(27)54)46-32(52)19(2)3/h1,5-7,9-10,14,17-19,22-24,26,28,35,50-51H,8,12-13,15-16H2,2-3H3,(H,41,42,44,53)(H2,45,46,47,52,54)/t22-,23+,24-,26-,28-,35-,37-,60?/m1/s1. The van der Waals surface area contributed by atoms with Crippen LogP contribution in [0.3, 0.4) is 0 Å². The predicted octanol–water partition coefficient (Wildman–Crippen LogP) is 2.99. The maximum absolute atomic E-state index is 16.2. The minimum Gasteiger partial charge on any atom is -0.394 e. The molecule has 7 rings (SSSR count). The summed E-state index contributed by atoms with van der Waals surface area (Å²) in [7, 11) is 0. The van der Waals surface area contributed by atoms with Gasteiger partial charge in [0.15, 0.2) is 40.6 Å². The zero-order valence-electron chi connectivity index (χ0n) is 32.2. The second-order valence-corrected chi connectivity index (χ2v) is 17.1. The van der Waals surface area contributed by atoms with Gasteiger partial charge in [0.05, 0.1) is 44.0 Å². The van der Waals surface area contributed by atoms with Crippen molar-refractivity contribution in [1.29, 1.82) is 5.26 Å². The number of carbonyl (C=O) groups is 2. The van der Waals surface area contributed by atoms with Gasteiger partial charge in [0, 0.05) is 24.1 Å². The number of ether oxygens (including phenoxy) is 2. The van der Waals surface area contributed by atoms with Crippen LogP contribution in [0.1, 0.15) is 49.5 Å². The Morgan fingerprint density at radius 3 is 2.67 bits per heavy atom. The average molecular weight is 883 g/mol. The lowest BCUT2D eigenvalue weighted by molar-refractivity contribution is -0.118. The first-order valence-electron chi connectivity index (χ1n) is 18.5. The lowest BCUT2D eigenvalue weighted by Gasteiger charge is -2.32. The van der Waals surface area contributed by atoms with Crippen molar-refractivity contribution in [3.8, 4) is 18.4 Å². The number of aliphatic hydroxyl groups is 2. The van der Waals surface area contributed by atoms with Crippen LogP contribution in [0, 0.1) is 35.4 Å². The number of fused-ring (bicyclic) bond motifs is 2. The fourth-order valence-electron chi connectivity index (χ4n) is 6.58. The fraction of sp³-hybridized carbons (Fsp3) is 0.405. The van der Waals surface area contributed by atoms with E-state index in [9.17, 15) is 29.9 Å². The Kier molecular flexibility index (Phi) is 12.7. The van der Waals surface area contributed by atoms with Gasteiger partial charge in [-0.05, 0) is 23.9 Å². The normalized spacial score (nSPS) is 24.7. The van der Waals surface area contributed by atoms with Crippen LogP contribution >= 0.6 is 6.72 Å². The number of anilines is 2. The number of alkyl halides is 1. The highest BCUT2D eigenvalue weighted by Gasteiger charge is 2.53. The maximum atomic E-state index is 16.2. The number of halogens is 2. The van der Waals surface area contributed by atoms with Gasteiger partial charge in [-0.25, -0.2) is 23.7 Å². The van der Waals surface area contributed by atoms with Crippen molar-refractivity contribution in [2.45, 2.75) is 69.2 Å². The number of imidazole rings is 1. The molecule has 20 nitrogen and oxygen atoms in total. The number of nitrogens with one attached hydrogen (secondary N) is 3. The van der Waals surface area contributed by atoms with Crippen LogP contribution in [-0.4, -0.2) is 106 Å². The molecule has 5 N–H and O–H groups in total. The molecular weight excluding hydrogens is 846 g/mol. The monoisotopic (exact) mass is 882 g/mol. The molecule has 2 aliphatic rings. The van der Waals surface area contributed by atoms with Gasteiger partial charge in [-0.1, -0.05) is 38.0 Å². The number of hydrogen-bond acceptors (Lipinski definition) is 16. The van der Waals surface area contributed by atoms with E-state index >= 15 is 8.78 Å². The third-order valence-electron chi connectivity index (χ3n) is 9.76. The number of hydrogen-bond donors (Lipinski definition) is 5. The molecule has 0 spiro atoms. The molecule has 2 aliphatic heterocycles. The highest BCUT2D eigenvalue weighted by atomic mass is 32.5. The third-order valence-corrected chi connectivity index (χ3v) is 12.1. The number of aliphatic hydroxyl groups excluding tert-OH is 2. The number of aromatic nitrogens is 7. The summed E-state index contributed by atoms with van der Waals surface area (Å²) in [4.78, 5) is 57.2.